The Kier molecular flexibility index (Phi) is 6.36. The number of aromatic amines is 1. The fourth-order valence-corrected chi connectivity index (χ4v) is 6.07. The molecule has 1 aliphatic rings. The molecule has 4 heteroatoms. The average molecular weight is 453 g/mol. The van der Waals surface area contributed by atoms with Crippen LogP contribution >= 0.6 is 11.8 Å². The molecule has 1 aliphatic carbocycles. The van der Waals surface area contributed by atoms with Crippen molar-refractivity contribution in [1.29, 1.82) is 0 Å². The highest BCUT2D eigenvalue weighted by atomic mass is 32.2. The molecule has 33 heavy (non-hydrogen) atoms. The van der Waals surface area contributed by atoms with Gasteiger partial charge < -0.3 is 10.1 Å². The van der Waals surface area contributed by atoms with Crippen molar-refractivity contribution in [1.82, 2.24) is 9.97 Å². The van der Waals surface area contributed by atoms with Gasteiger partial charge in [0.15, 0.2) is 5.16 Å². The molecule has 4 aromatic rings. The Labute approximate surface area is 199 Å². The Morgan fingerprint density at radius 3 is 2.33 bits per heavy atom. The number of thioether (sulfide) groups is 1. The number of aromatic hydroxyl groups is 1. The van der Waals surface area contributed by atoms with Gasteiger partial charge in [-0.05, 0) is 48.1 Å². The number of H-pyrrole nitrogens is 1. The lowest BCUT2D eigenvalue weighted by Crippen LogP contribution is -2.20. The Hall–Kier alpha value is -3.24. The first-order chi connectivity index (χ1) is 16.2. The third-order valence-corrected chi connectivity index (χ3v) is 7.51. The molecule has 2 unspecified atom stereocenters. The summed E-state index contributed by atoms with van der Waals surface area (Å²) in [5.41, 5.74) is 5.90. The number of nitrogens with zero attached hydrogens (tertiary/aromatic N) is 1. The molecular weight excluding hydrogens is 424 g/mol. The van der Waals surface area contributed by atoms with Crippen LogP contribution in [0.5, 0.6) is 5.75 Å². The van der Waals surface area contributed by atoms with Gasteiger partial charge in [0, 0.05) is 16.9 Å². The lowest BCUT2D eigenvalue weighted by Gasteiger charge is -2.29. The van der Waals surface area contributed by atoms with E-state index in [0.717, 1.165) is 29.3 Å². The van der Waals surface area contributed by atoms with Gasteiger partial charge in [-0.2, -0.15) is 0 Å². The minimum absolute atomic E-state index is 0.112. The van der Waals surface area contributed by atoms with E-state index in [1.807, 2.05) is 12.3 Å². The third kappa shape index (κ3) is 4.62. The summed E-state index contributed by atoms with van der Waals surface area (Å²) in [5, 5.41) is 11.8. The van der Waals surface area contributed by atoms with Crippen molar-refractivity contribution in [2.24, 2.45) is 0 Å². The second-order valence-electron chi connectivity index (χ2n) is 8.55. The largest absolute Gasteiger partial charge is 0.508 e. The van der Waals surface area contributed by atoms with Crippen LogP contribution in [0.4, 0.5) is 0 Å². The topological polar surface area (TPSA) is 48.9 Å². The molecule has 5 rings (SSSR count). The maximum Gasteiger partial charge on any atom is 0.165 e. The van der Waals surface area contributed by atoms with Crippen molar-refractivity contribution >= 4 is 11.8 Å². The average Bonchev–Trinajstić information content (AvgIpc) is 3.29. The van der Waals surface area contributed by atoms with Crippen LogP contribution in [0.3, 0.4) is 0 Å². The standard InChI is InChI=1S/C29H28N2OS/c1-2-10-22-17-23(18-25-24(22)15-9-16-27(25)32)33-29-30-19-26(31-29)28(20-11-5-3-6-12-20)21-13-7-4-8-14-21/h2-16,19,22-23,28,32H,17-18H2,1H3,(H,30,31). The van der Waals surface area contributed by atoms with Crippen molar-refractivity contribution in [3.05, 3.63) is 125 Å². The van der Waals surface area contributed by atoms with Crippen molar-refractivity contribution in [2.45, 2.75) is 42.0 Å². The Morgan fingerprint density at radius 2 is 1.67 bits per heavy atom. The minimum atomic E-state index is 0.112. The number of allylic oxidation sites excluding steroid dienone is 2. The molecule has 0 aliphatic heterocycles. The molecule has 0 saturated heterocycles. The van der Waals surface area contributed by atoms with E-state index in [0.29, 0.717) is 16.9 Å². The summed E-state index contributed by atoms with van der Waals surface area (Å²) in [6, 6.07) is 27.1. The van der Waals surface area contributed by atoms with Gasteiger partial charge in [-0.15, -0.1) is 0 Å². The minimum Gasteiger partial charge on any atom is -0.508 e. The number of rotatable bonds is 6. The van der Waals surface area contributed by atoms with Crippen LogP contribution in [0, 0.1) is 0 Å². The van der Waals surface area contributed by atoms with Gasteiger partial charge in [0.05, 0.1) is 12.1 Å². The van der Waals surface area contributed by atoms with E-state index in [9.17, 15) is 5.11 Å². The summed E-state index contributed by atoms with van der Waals surface area (Å²) in [6.45, 7) is 2.06. The molecule has 1 aromatic heterocycles. The number of fused-ring (bicyclic) bond motifs is 1. The summed E-state index contributed by atoms with van der Waals surface area (Å²) >= 11 is 1.78. The van der Waals surface area contributed by atoms with Crippen LogP contribution in [-0.2, 0) is 6.42 Å². The molecule has 2 atom stereocenters. The highest BCUT2D eigenvalue weighted by Crippen LogP contribution is 2.42. The summed E-state index contributed by atoms with van der Waals surface area (Å²) in [7, 11) is 0. The van der Waals surface area contributed by atoms with Gasteiger partial charge in [0.1, 0.15) is 5.75 Å². The van der Waals surface area contributed by atoms with E-state index in [2.05, 4.69) is 90.8 Å². The summed E-state index contributed by atoms with van der Waals surface area (Å²) in [5.74, 6) is 0.834. The van der Waals surface area contributed by atoms with Crippen LogP contribution in [0.2, 0.25) is 0 Å². The lowest BCUT2D eigenvalue weighted by atomic mass is 9.82. The molecule has 0 fully saturated rings. The van der Waals surface area contributed by atoms with Gasteiger partial charge in [0.25, 0.3) is 0 Å². The number of phenols is 1. The fourth-order valence-electron chi connectivity index (χ4n) is 4.91. The number of benzene rings is 3. The summed E-state index contributed by atoms with van der Waals surface area (Å²) in [6.07, 6.45) is 8.21. The van der Waals surface area contributed by atoms with Gasteiger partial charge in [-0.3, -0.25) is 0 Å². The van der Waals surface area contributed by atoms with Gasteiger partial charge >= 0.3 is 0 Å². The highest BCUT2D eigenvalue weighted by Gasteiger charge is 2.29. The van der Waals surface area contributed by atoms with Gasteiger partial charge in [-0.1, -0.05) is 96.7 Å². The number of hydrogen-bond acceptors (Lipinski definition) is 3. The second-order valence-corrected chi connectivity index (χ2v) is 9.84. The molecule has 0 spiro atoms. The van der Waals surface area contributed by atoms with Gasteiger partial charge in [0.2, 0.25) is 0 Å². The number of nitrogens with one attached hydrogen (secondary N) is 1. The summed E-state index contributed by atoms with van der Waals surface area (Å²) in [4.78, 5) is 8.37. The molecule has 0 bridgehead atoms. The maximum atomic E-state index is 10.5. The Balaban J connectivity index is 1.42. The van der Waals surface area contributed by atoms with Crippen molar-refractivity contribution in [3.63, 3.8) is 0 Å². The lowest BCUT2D eigenvalue weighted by molar-refractivity contribution is 0.460. The molecule has 0 amide bonds. The molecule has 0 saturated carbocycles. The molecule has 0 radical (unpaired) electrons. The number of imidazole rings is 1. The predicted molar refractivity (Wildman–Crippen MR) is 136 cm³/mol. The first-order valence-electron chi connectivity index (χ1n) is 11.5. The second kappa shape index (κ2) is 9.72. The quantitative estimate of drug-likeness (QED) is 0.308. The fraction of sp³-hybridized carbons (Fsp3) is 0.207. The smallest absolute Gasteiger partial charge is 0.165 e. The molecular formula is C29H28N2OS. The van der Waals surface area contributed by atoms with Crippen molar-refractivity contribution in [2.75, 3.05) is 0 Å². The zero-order chi connectivity index (χ0) is 22.6. The van der Waals surface area contributed by atoms with Crippen LogP contribution < -0.4 is 0 Å². The Morgan fingerprint density at radius 1 is 0.970 bits per heavy atom. The summed E-state index contributed by atoms with van der Waals surface area (Å²) < 4.78 is 0. The van der Waals surface area contributed by atoms with Crippen LogP contribution in [0.15, 0.2) is 102 Å². The van der Waals surface area contributed by atoms with E-state index in [1.165, 1.54) is 16.7 Å². The van der Waals surface area contributed by atoms with E-state index in [-0.39, 0.29) is 5.92 Å². The maximum absolute atomic E-state index is 10.5. The van der Waals surface area contributed by atoms with E-state index < -0.39 is 0 Å². The third-order valence-electron chi connectivity index (χ3n) is 6.39. The van der Waals surface area contributed by atoms with Crippen LogP contribution in [-0.4, -0.2) is 20.3 Å². The first-order valence-corrected chi connectivity index (χ1v) is 12.4. The van der Waals surface area contributed by atoms with Crippen LogP contribution in [0.25, 0.3) is 0 Å². The monoisotopic (exact) mass is 452 g/mol. The molecule has 2 N–H and O–H groups in total. The highest BCUT2D eigenvalue weighted by molar-refractivity contribution is 7.99. The zero-order valence-corrected chi connectivity index (χ0v) is 19.5. The number of hydrogen-bond donors (Lipinski definition) is 2. The van der Waals surface area contributed by atoms with E-state index >= 15 is 0 Å². The Bertz CT molecular complexity index is 1190. The van der Waals surface area contributed by atoms with Crippen molar-refractivity contribution in [3.8, 4) is 5.75 Å². The molecule has 3 aromatic carbocycles. The number of phenolic OH excluding ortho intramolecular Hbond substituents is 1. The predicted octanol–water partition coefficient (Wildman–Crippen LogP) is 7.06. The zero-order valence-electron chi connectivity index (χ0n) is 18.7. The molecule has 3 nitrogen and oxygen atoms in total. The van der Waals surface area contributed by atoms with Crippen LogP contribution in [0.1, 0.15) is 53.1 Å². The first kappa shape index (κ1) is 21.6. The molecule has 166 valence electrons. The normalized spacial score (nSPS) is 18.0. The molecule has 1 heterocycles. The number of aromatic nitrogens is 2. The van der Waals surface area contributed by atoms with Crippen molar-refractivity contribution < 1.29 is 5.11 Å². The van der Waals surface area contributed by atoms with Gasteiger partial charge in [-0.25, -0.2) is 4.98 Å². The SMILES string of the molecule is CC=CC1CC(Sc2ncc(C(c3ccccc3)c3ccccc3)[nH]2)Cc2c(O)cccc21. The van der Waals surface area contributed by atoms with E-state index in [1.54, 1.807) is 17.8 Å². The van der Waals surface area contributed by atoms with E-state index in [4.69, 9.17) is 4.98 Å².